The summed E-state index contributed by atoms with van der Waals surface area (Å²) < 4.78 is 5.52. The molecule has 2 amide bonds. The van der Waals surface area contributed by atoms with Gasteiger partial charge in [-0.1, -0.05) is 0 Å². The van der Waals surface area contributed by atoms with Gasteiger partial charge in [-0.2, -0.15) is 0 Å². The largest absolute Gasteiger partial charge is 0.481 e. The molecule has 1 fully saturated rings. The normalized spacial score (nSPS) is 26.6. The van der Waals surface area contributed by atoms with Crippen LogP contribution >= 0.6 is 0 Å². The van der Waals surface area contributed by atoms with E-state index >= 15 is 0 Å². The molecule has 3 N–H and O–H groups in total. The lowest BCUT2D eigenvalue weighted by atomic mass is 10.0. The SMILES string of the molecule is C[C@@H]1CN(C(=O)NCC(C)(O)CC(=O)O)C[C@H](C)O1. The van der Waals surface area contributed by atoms with Crippen LogP contribution in [-0.2, 0) is 9.53 Å². The van der Waals surface area contributed by atoms with E-state index in [1.165, 1.54) is 6.92 Å². The van der Waals surface area contributed by atoms with E-state index in [9.17, 15) is 14.7 Å². The molecule has 7 heteroatoms. The van der Waals surface area contributed by atoms with E-state index in [4.69, 9.17) is 9.84 Å². The van der Waals surface area contributed by atoms with Gasteiger partial charge in [0, 0.05) is 19.6 Å². The highest BCUT2D eigenvalue weighted by Crippen LogP contribution is 2.12. The molecule has 1 aliphatic rings. The molecule has 1 aliphatic heterocycles. The fourth-order valence-electron chi connectivity index (χ4n) is 2.11. The Morgan fingerprint density at radius 1 is 1.37 bits per heavy atom. The van der Waals surface area contributed by atoms with Gasteiger partial charge in [0.15, 0.2) is 0 Å². The predicted molar refractivity (Wildman–Crippen MR) is 67.9 cm³/mol. The summed E-state index contributed by atoms with van der Waals surface area (Å²) in [6.07, 6.45) is -0.480. The highest BCUT2D eigenvalue weighted by atomic mass is 16.5. The zero-order chi connectivity index (χ0) is 14.6. The van der Waals surface area contributed by atoms with Gasteiger partial charge in [-0.15, -0.1) is 0 Å². The van der Waals surface area contributed by atoms with Crippen LogP contribution in [0.4, 0.5) is 4.79 Å². The number of aliphatic hydroxyl groups is 1. The van der Waals surface area contributed by atoms with Gasteiger partial charge < -0.3 is 25.2 Å². The van der Waals surface area contributed by atoms with Crippen LogP contribution in [0.15, 0.2) is 0 Å². The molecular formula is C12H22N2O5. The molecule has 1 rings (SSSR count). The Morgan fingerprint density at radius 3 is 2.37 bits per heavy atom. The lowest BCUT2D eigenvalue weighted by Gasteiger charge is -2.35. The summed E-state index contributed by atoms with van der Waals surface area (Å²) in [6, 6.07) is -0.312. The topological polar surface area (TPSA) is 99.1 Å². The number of morpholine rings is 1. The van der Waals surface area contributed by atoms with Crippen molar-refractivity contribution >= 4 is 12.0 Å². The zero-order valence-corrected chi connectivity index (χ0v) is 11.5. The Morgan fingerprint density at radius 2 is 1.89 bits per heavy atom. The highest BCUT2D eigenvalue weighted by Gasteiger charge is 2.29. The molecule has 7 nitrogen and oxygen atoms in total. The van der Waals surface area contributed by atoms with E-state index in [0.717, 1.165) is 0 Å². The molecule has 0 aromatic heterocycles. The van der Waals surface area contributed by atoms with Crippen molar-refractivity contribution in [2.24, 2.45) is 0 Å². The quantitative estimate of drug-likeness (QED) is 0.672. The summed E-state index contributed by atoms with van der Waals surface area (Å²) in [5.74, 6) is -1.10. The number of rotatable bonds is 4. The van der Waals surface area contributed by atoms with Crippen LogP contribution in [0.5, 0.6) is 0 Å². The van der Waals surface area contributed by atoms with Crippen LogP contribution in [0, 0.1) is 0 Å². The van der Waals surface area contributed by atoms with Gasteiger partial charge in [0.05, 0.1) is 24.2 Å². The standard InChI is InChI=1S/C12H22N2O5/c1-8-5-14(6-9(2)19-8)11(17)13-7-12(3,18)4-10(15)16/h8-9,18H,4-7H2,1-3H3,(H,13,17)(H,15,16)/t8-,9+,12?. The van der Waals surface area contributed by atoms with Crippen molar-refractivity contribution in [2.75, 3.05) is 19.6 Å². The van der Waals surface area contributed by atoms with E-state index in [-0.39, 0.29) is 24.8 Å². The first-order valence-electron chi connectivity index (χ1n) is 6.32. The number of nitrogens with zero attached hydrogens (tertiary/aromatic N) is 1. The Labute approximate surface area is 112 Å². The summed E-state index contributed by atoms with van der Waals surface area (Å²) in [4.78, 5) is 24.1. The number of carboxylic acids is 1. The third-order valence-corrected chi connectivity index (χ3v) is 2.86. The van der Waals surface area contributed by atoms with Crippen molar-refractivity contribution in [1.29, 1.82) is 0 Å². The van der Waals surface area contributed by atoms with E-state index < -0.39 is 18.0 Å². The van der Waals surface area contributed by atoms with Gasteiger partial charge in [-0.05, 0) is 20.8 Å². The number of carbonyl (C=O) groups is 2. The monoisotopic (exact) mass is 274 g/mol. The number of hydrogen-bond acceptors (Lipinski definition) is 4. The molecule has 1 unspecified atom stereocenters. The predicted octanol–water partition coefficient (Wildman–Crippen LogP) is 0.0309. The first-order valence-corrected chi connectivity index (χ1v) is 6.32. The van der Waals surface area contributed by atoms with Gasteiger partial charge in [-0.25, -0.2) is 4.79 Å². The maximum atomic E-state index is 11.9. The fraction of sp³-hybridized carbons (Fsp3) is 0.833. The summed E-state index contributed by atoms with van der Waals surface area (Å²) in [7, 11) is 0. The number of nitrogens with one attached hydrogen (secondary N) is 1. The fourth-order valence-corrected chi connectivity index (χ4v) is 2.11. The van der Waals surface area contributed by atoms with Gasteiger partial charge in [0.1, 0.15) is 0 Å². The second kappa shape index (κ2) is 6.21. The molecule has 1 heterocycles. The van der Waals surface area contributed by atoms with Gasteiger partial charge in [0.25, 0.3) is 0 Å². The average Bonchev–Trinajstić information content (AvgIpc) is 2.22. The van der Waals surface area contributed by atoms with Crippen LogP contribution in [0.1, 0.15) is 27.2 Å². The van der Waals surface area contributed by atoms with E-state index in [1.807, 2.05) is 13.8 Å². The van der Waals surface area contributed by atoms with Gasteiger partial charge in [-0.3, -0.25) is 4.79 Å². The zero-order valence-electron chi connectivity index (χ0n) is 11.5. The molecule has 110 valence electrons. The van der Waals surface area contributed by atoms with E-state index in [2.05, 4.69) is 5.32 Å². The van der Waals surface area contributed by atoms with Crippen LogP contribution < -0.4 is 5.32 Å². The van der Waals surface area contributed by atoms with Crippen LogP contribution in [0.2, 0.25) is 0 Å². The molecule has 0 aromatic carbocycles. The van der Waals surface area contributed by atoms with Crippen molar-refractivity contribution in [3.05, 3.63) is 0 Å². The van der Waals surface area contributed by atoms with Crippen LogP contribution in [0.25, 0.3) is 0 Å². The summed E-state index contributed by atoms with van der Waals surface area (Å²) in [5.41, 5.74) is -1.45. The number of carbonyl (C=O) groups excluding carboxylic acids is 1. The second-order valence-corrected chi connectivity index (χ2v) is 5.39. The minimum Gasteiger partial charge on any atom is -0.481 e. The molecular weight excluding hydrogens is 252 g/mol. The lowest BCUT2D eigenvalue weighted by molar-refractivity contribution is -0.141. The first kappa shape index (κ1) is 15.7. The van der Waals surface area contributed by atoms with Crippen LogP contribution in [0.3, 0.4) is 0 Å². The number of urea groups is 1. The van der Waals surface area contributed by atoms with Crippen molar-refractivity contribution < 1.29 is 24.5 Å². The molecule has 0 spiro atoms. The third-order valence-electron chi connectivity index (χ3n) is 2.86. The van der Waals surface area contributed by atoms with E-state index in [0.29, 0.717) is 13.1 Å². The maximum absolute atomic E-state index is 11.9. The van der Waals surface area contributed by atoms with Crippen molar-refractivity contribution in [2.45, 2.75) is 45.0 Å². The minimum atomic E-state index is -1.45. The van der Waals surface area contributed by atoms with Crippen LogP contribution in [-0.4, -0.2) is 64.6 Å². The third kappa shape index (κ3) is 5.44. The van der Waals surface area contributed by atoms with Crippen molar-refractivity contribution in [3.63, 3.8) is 0 Å². The Hall–Kier alpha value is -1.34. The highest BCUT2D eigenvalue weighted by molar-refractivity contribution is 5.74. The molecule has 0 aliphatic carbocycles. The molecule has 0 bridgehead atoms. The second-order valence-electron chi connectivity index (χ2n) is 5.39. The van der Waals surface area contributed by atoms with Crippen molar-refractivity contribution in [3.8, 4) is 0 Å². The first-order chi connectivity index (χ1) is 8.69. The molecule has 0 saturated carbocycles. The number of aliphatic carboxylic acids is 1. The summed E-state index contributed by atoms with van der Waals surface area (Å²) in [5, 5.41) is 21.0. The lowest BCUT2D eigenvalue weighted by Crippen LogP contribution is -2.54. The Bertz CT molecular complexity index is 335. The molecule has 0 radical (unpaired) electrons. The Kier molecular flexibility index (Phi) is 5.13. The number of hydrogen-bond donors (Lipinski definition) is 3. The minimum absolute atomic E-state index is 0.0333. The summed E-state index contributed by atoms with van der Waals surface area (Å²) in [6.45, 7) is 6.02. The maximum Gasteiger partial charge on any atom is 0.317 e. The smallest absolute Gasteiger partial charge is 0.317 e. The van der Waals surface area contributed by atoms with Gasteiger partial charge in [0.2, 0.25) is 0 Å². The molecule has 3 atom stereocenters. The van der Waals surface area contributed by atoms with E-state index in [1.54, 1.807) is 4.90 Å². The number of ether oxygens (including phenoxy) is 1. The molecule has 19 heavy (non-hydrogen) atoms. The van der Waals surface area contributed by atoms with Gasteiger partial charge >= 0.3 is 12.0 Å². The molecule has 1 saturated heterocycles. The average molecular weight is 274 g/mol. The number of amides is 2. The summed E-state index contributed by atoms with van der Waals surface area (Å²) >= 11 is 0. The number of carboxylic acid groups (broad SMARTS) is 1. The Balaban J connectivity index is 2.44. The van der Waals surface area contributed by atoms with Crippen molar-refractivity contribution in [1.82, 2.24) is 10.2 Å². The molecule has 0 aromatic rings.